The van der Waals surface area contributed by atoms with Crippen molar-refractivity contribution in [3.05, 3.63) is 24.2 Å². The second-order valence-electron chi connectivity index (χ2n) is 5.61. The topological polar surface area (TPSA) is 62.6 Å². The Morgan fingerprint density at radius 1 is 1.33 bits per heavy atom. The van der Waals surface area contributed by atoms with Gasteiger partial charge in [-0.2, -0.15) is 0 Å². The molecule has 2 amide bonds. The highest BCUT2D eigenvalue weighted by atomic mass is 16.3. The Bertz CT molecular complexity index is 427. The SMILES string of the molecule is CCCCN(CCC(=O)NCC(C)C)C(=O)c1ccoc1. The van der Waals surface area contributed by atoms with E-state index in [4.69, 9.17) is 4.42 Å². The zero-order valence-electron chi connectivity index (χ0n) is 13.2. The second-order valence-corrected chi connectivity index (χ2v) is 5.61. The van der Waals surface area contributed by atoms with Crippen molar-refractivity contribution >= 4 is 11.8 Å². The van der Waals surface area contributed by atoms with Crippen LogP contribution in [0.2, 0.25) is 0 Å². The lowest BCUT2D eigenvalue weighted by molar-refractivity contribution is -0.121. The number of nitrogens with one attached hydrogen (secondary N) is 1. The lowest BCUT2D eigenvalue weighted by atomic mass is 10.2. The van der Waals surface area contributed by atoms with E-state index < -0.39 is 0 Å². The number of carbonyl (C=O) groups is 2. The molecular formula is C16H26N2O3. The van der Waals surface area contributed by atoms with Gasteiger partial charge in [0.1, 0.15) is 6.26 Å². The van der Waals surface area contributed by atoms with E-state index >= 15 is 0 Å². The fourth-order valence-corrected chi connectivity index (χ4v) is 1.88. The van der Waals surface area contributed by atoms with Crippen LogP contribution in [0, 0.1) is 5.92 Å². The van der Waals surface area contributed by atoms with Gasteiger partial charge in [-0.25, -0.2) is 0 Å². The Morgan fingerprint density at radius 3 is 2.67 bits per heavy atom. The molecule has 0 aliphatic rings. The molecule has 21 heavy (non-hydrogen) atoms. The molecule has 0 radical (unpaired) electrons. The summed E-state index contributed by atoms with van der Waals surface area (Å²) < 4.78 is 4.95. The predicted molar refractivity (Wildman–Crippen MR) is 82.0 cm³/mol. The lowest BCUT2D eigenvalue weighted by Gasteiger charge is -2.21. The summed E-state index contributed by atoms with van der Waals surface area (Å²) in [5.74, 6) is 0.344. The van der Waals surface area contributed by atoms with Crippen LogP contribution in [0.5, 0.6) is 0 Å². The van der Waals surface area contributed by atoms with E-state index in [0.717, 1.165) is 12.8 Å². The smallest absolute Gasteiger partial charge is 0.257 e. The highest BCUT2D eigenvalue weighted by molar-refractivity contribution is 5.94. The van der Waals surface area contributed by atoms with Crippen LogP contribution in [-0.4, -0.2) is 36.3 Å². The quantitative estimate of drug-likeness (QED) is 0.761. The number of furan rings is 1. The average molecular weight is 294 g/mol. The fraction of sp³-hybridized carbons (Fsp3) is 0.625. The summed E-state index contributed by atoms with van der Waals surface area (Å²) in [6, 6.07) is 1.65. The molecule has 1 aromatic heterocycles. The molecule has 0 bridgehead atoms. The number of amides is 2. The maximum absolute atomic E-state index is 12.3. The molecule has 1 N–H and O–H groups in total. The van der Waals surface area contributed by atoms with Crippen LogP contribution >= 0.6 is 0 Å². The molecule has 0 aliphatic heterocycles. The van der Waals surface area contributed by atoms with Gasteiger partial charge in [-0.15, -0.1) is 0 Å². The molecular weight excluding hydrogens is 268 g/mol. The van der Waals surface area contributed by atoms with Crippen molar-refractivity contribution in [3.8, 4) is 0 Å². The number of rotatable bonds is 9. The molecule has 0 aliphatic carbocycles. The first-order chi connectivity index (χ1) is 10.0. The highest BCUT2D eigenvalue weighted by Gasteiger charge is 2.17. The first-order valence-corrected chi connectivity index (χ1v) is 7.62. The number of hydrogen-bond donors (Lipinski definition) is 1. The predicted octanol–water partition coefficient (Wildman–Crippen LogP) is 2.68. The van der Waals surface area contributed by atoms with Gasteiger partial charge in [0.05, 0.1) is 11.8 Å². The van der Waals surface area contributed by atoms with Crippen LogP contribution in [-0.2, 0) is 4.79 Å². The summed E-state index contributed by atoms with van der Waals surface area (Å²) in [4.78, 5) is 25.8. The third-order valence-electron chi connectivity index (χ3n) is 3.15. The number of unbranched alkanes of at least 4 members (excludes halogenated alkanes) is 1. The van der Waals surface area contributed by atoms with Crippen LogP contribution in [0.25, 0.3) is 0 Å². The van der Waals surface area contributed by atoms with E-state index in [2.05, 4.69) is 26.1 Å². The molecule has 1 heterocycles. The Balaban J connectivity index is 2.50. The van der Waals surface area contributed by atoms with Crippen LogP contribution in [0.15, 0.2) is 23.0 Å². The van der Waals surface area contributed by atoms with E-state index in [1.54, 1.807) is 11.0 Å². The molecule has 118 valence electrons. The summed E-state index contributed by atoms with van der Waals surface area (Å²) in [6.07, 6.45) is 5.20. The summed E-state index contributed by atoms with van der Waals surface area (Å²) in [5.41, 5.74) is 0.536. The van der Waals surface area contributed by atoms with E-state index in [1.807, 2.05) is 0 Å². The molecule has 5 nitrogen and oxygen atoms in total. The Kier molecular flexibility index (Phi) is 7.58. The van der Waals surface area contributed by atoms with Crippen LogP contribution in [0.1, 0.15) is 50.4 Å². The fourth-order valence-electron chi connectivity index (χ4n) is 1.88. The van der Waals surface area contributed by atoms with Crippen molar-refractivity contribution in [2.24, 2.45) is 5.92 Å². The Labute approximate surface area is 126 Å². The summed E-state index contributed by atoms with van der Waals surface area (Å²) in [6.45, 7) is 7.96. The highest BCUT2D eigenvalue weighted by Crippen LogP contribution is 2.08. The van der Waals surface area contributed by atoms with Gasteiger partial charge in [0.15, 0.2) is 0 Å². The summed E-state index contributed by atoms with van der Waals surface area (Å²) in [7, 11) is 0. The van der Waals surface area contributed by atoms with Gasteiger partial charge in [-0.1, -0.05) is 27.2 Å². The van der Waals surface area contributed by atoms with Gasteiger partial charge in [0.2, 0.25) is 5.91 Å². The number of nitrogens with zero attached hydrogens (tertiary/aromatic N) is 1. The largest absolute Gasteiger partial charge is 0.472 e. The van der Waals surface area contributed by atoms with Gasteiger partial charge >= 0.3 is 0 Å². The molecule has 1 aromatic rings. The molecule has 0 unspecified atom stereocenters. The van der Waals surface area contributed by atoms with Gasteiger partial charge in [0.25, 0.3) is 5.91 Å². The minimum Gasteiger partial charge on any atom is -0.472 e. The third kappa shape index (κ3) is 6.47. The molecule has 0 atom stereocenters. The molecule has 1 rings (SSSR count). The monoisotopic (exact) mass is 294 g/mol. The molecule has 0 fully saturated rings. The molecule has 0 aromatic carbocycles. The van der Waals surface area contributed by atoms with Crippen LogP contribution < -0.4 is 5.32 Å². The van der Waals surface area contributed by atoms with Crippen molar-refractivity contribution in [2.75, 3.05) is 19.6 Å². The van der Waals surface area contributed by atoms with Crippen molar-refractivity contribution in [1.29, 1.82) is 0 Å². The normalized spacial score (nSPS) is 10.7. The minimum atomic E-state index is -0.0751. The maximum Gasteiger partial charge on any atom is 0.257 e. The third-order valence-corrected chi connectivity index (χ3v) is 3.15. The van der Waals surface area contributed by atoms with Gasteiger partial charge in [-0.05, 0) is 18.4 Å². The second kappa shape index (κ2) is 9.21. The van der Waals surface area contributed by atoms with E-state index in [1.165, 1.54) is 12.5 Å². The molecule has 0 saturated carbocycles. The molecule has 0 saturated heterocycles. The van der Waals surface area contributed by atoms with Crippen molar-refractivity contribution in [3.63, 3.8) is 0 Å². The first kappa shape index (κ1) is 17.3. The van der Waals surface area contributed by atoms with E-state index in [0.29, 0.717) is 37.5 Å². The summed E-state index contributed by atoms with van der Waals surface area (Å²) >= 11 is 0. The summed E-state index contributed by atoms with van der Waals surface area (Å²) in [5, 5.41) is 2.87. The number of hydrogen-bond acceptors (Lipinski definition) is 3. The van der Waals surface area contributed by atoms with Crippen LogP contribution in [0.4, 0.5) is 0 Å². The number of carbonyl (C=O) groups excluding carboxylic acids is 2. The van der Waals surface area contributed by atoms with E-state index in [9.17, 15) is 9.59 Å². The Morgan fingerprint density at radius 2 is 2.10 bits per heavy atom. The van der Waals surface area contributed by atoms with Gasteiger partial charge in [0, 0.05) is 26.1 Å². The van der Waals surface area contributed by atoms with Crippen molar-refractivity contribution in [1.82, 2.24) is 10.2 Å². The van der Waals surface area contributed by atoms with Crippen molar-refractivity contribution in [2.45, 2.75) is 40.0 Å². The average Bonchev–Trinajstić information content (AvgIpc) is 2.98. The van der Waals surface area contributed by atoms with Crippen LogP contribution in [0.3, 0.4) is 0 Å². The zero-order valence-corrected chi connectivity index (χ0v) is 13.2. The van der Waals surface area contributed by atoms with Gasteiger partial charge in [-0.3, -0.25) is 9.59 Å². The Hall–Kier alpha value is -1.78. The first-order valence-electron chi connectivity index (χ1n) is 7.62. The zero-order chi connectivity index (χ0) is 15.7. The van der Waals surface area contributed by atoms with E-state index in [-0.39, 0.29) is 11.8 Å². The van der Waals surface area contributed by atoms with Gasteiger partial charge < -0.3 is 14.6 Å². The van der Waals surface area contributed by atoms with Crippen molar-refractivity contribution < 1.29 is 14.0 Å². The maximum atomic E-state index is 12.3. The lowest BCUT2D eigenvalue weighted by Crippen LogP contribution is -2.36. The minimum absolute atomic E-state index is 0.00908. The molecule has 0 spiro atoms. The standard InChI is InChI=1S/C16H26N2O3/c1-4-5-8-18(16(20)14-7-10-21-12-14)9-6-15(19)17-11-13(2)3/h7,10,12-13H,4-6,8-9,11H2,1-3H3,(H,17,19). The molecule has 5 heteroatoms.